The normalized spacial score (nSPS) is 28.1. The first-order valence-corrected chi connectivity index (χ1v) is 26.0. The second kappa shape index (κ2) is 20.3. The summed E-state index contributed by atoms with van der Waals surface area (Å²) in [6.45, 7) is 8.59. The molecule has 10 atom stereocenters. The summed E-state index contributed by atoms with van der Waals surface area (Å²) in [5.41, 5.74) is 8.27. The van der Waals surface area contributed by atoms with Gasteiger partial charge in [-0.1, -0.05) is 88.4 Å². The van der Waals surface area contributed by atoms with Gasteiger partial charge in [-0.15, -0.1) is 9.80 Å². The summed E-state index contributed by atoms with van der Waals surface area (Å²) < 4.78 is 46.0. The molecular weight excluding hydrogens is 946 g/mol. The van der Waals surface area contributed by atoms with E-state index in [0.717, 1.165) is 46.4 Å². The maximum atomic E-state index is 15.0. The van der Waals surface area contributed by atoms with Crippen LogP contribution in [0.3, 0.4) is 0 Å². The van der Waals surface area contributed by atoms with E-state index in [2.05, 4.69) is 96.8 Å². The summed E-state index contributed by atoms with van der Waals surface area (Å²) in [4.78, 5) is 0. The Morgan fingerprint density at radius 3 is 1.48 bits per heavy atom. The quantitative estimate of drug-likeness (QED) is 0.0691. The van der Waals surface area contributed by atoms with Crippen molar-refractivity contribution in [2.24, 2.45) is 17.8 Å². The minimum atomic E-state index is -1.50. The first-order valence-electron chi connectivity index (χ1n) is 22.8. The molecule has 0 spiro atoms. The Hall–Kier alpha value is -3.34. The van der Waals surface area contributed by atoms with Crippen LogP contribution in [0, 0.1) is 29.4 Å². The van der Waals surface area contributed by atoms with Crippen molar-refractivity contribution < 1.29 is 38.7 Å². The molecule has 64 heavy (non-hydrogen) atoms. The second-order valence-corrected chi connectivity index (χ2v) is 18.5. The number of benzene rings is 4. The summed E-state index contributed by atoms with van der Waals surface area (Å²) >= 11 is 1.84. The fourth-order valence-corrected chi connectivity index (χ4v) is 10.1. The van der Waals surface area contributed by atoms with Crippen LogP contribution < -0.4 is 0 Å². The number of thiol groups is 1. The van der Waals surface area contributed by atoms with Gasteiger partial charge in [-0.3, -0.25) is 0 Å². The highest BCUT2D eigenvalue weighted by Crippen LogP contribution is 2.44. The molecule has 2 aliphatic heterocycles. The zero-order chi connectivity index (χ0) is 45.4. The molecular formula is C52H61F2IN2O6S. The van der Waals surface area contributed by atoms with Gasteiger partial charge in [0.05, 0.1) is 23.7 Å². The summed E-state index contributed by atoms with van der Waals surface area (Å²) in [5.74, 6) is 2.34. The number of hydrogen-bond acceptors (Lipinski definition) is 7. The van der Waals surface area contributed by atoms with Crippen LogP contribution in [0.1, 0.15) is 117 Å². The maximum absolute atomic E-state index is 15.0. The third-order valence-corrected chi connectivity index (χ3v) is 14.4. The van der Waals surface area contributed by atoms with Crippen molar-refractivity contribution in [2.45, 2.75) is 127 Å². The van der Waals surface area contributed by atoms with E-state index in [4.69, 9.17) is 9.47 Å². The zero-order valence-electron chi connectivity index (χ0n) is 36.9. The third-order valence-electron chi connectivity index (χ3n) is 14.4. The number of fused-ring (bicyclic) bond motifs is 2. The topological polar surface area (TPSA) is 109 Å². The van der Waals surface area contributed by atoms with Crippen molar-refractivity contribution in [3.05, 3.63) is 142 Å². The summed E-state index contributed by atoms with van der Waals surface area (Å²) in [6, 6.07) is 27.4. The van der Waals surface area contributed by atoms with Crippen LogP contribution in [0.2, 0.25) is 0 Å². The molecule has 12 heteroatoms. The van der Waals surface area contributed by atoms with Crippen LogP contribution in [0.4, 0.5) is 8.78 Å². The Labute approximate surface area is 392 Å². The summed E-state index contributed by atoms with van der Waals surface area (Å²) in [5, 5.41) is 41.5. The third kappa shape index (κ3) is 9.58. The number of rotatable bonds is 10. The lowest BCUT2D eigenvalue weighted by molar-refractivity contribution is -0.250. The highest BCUT2D eigenvalue weighted by atomic mass is 127. The van der Waals surface area contributed by atoms with Crippen LogP contribution >= 0.6 is 31.0 Å². The minimum absolute atomic E-state index is 0.0635. The zero-order valence-corrected chi connectivity index (χ0v) is 40.0. The van der Waals surface area contributed by atoms with Gasteiger partial charge in [-0.05, 0) is 147 Å². The molecule has 4 N–H and O–H groups in total. The number of halogens is 3. The second-order valence-electron chi connectivity index (χ2n) is 18.5. The molecule has 2 unspecified atom stereocenters. The first-order chi connectivity index (χ1) is 30.9. The van der Waals surface area contributed by atoms with E-state index in [-0.39, 0.29) is 24.0 Å². The summed E-state index contributed by atoms with van der Waals surface area (Å²) in [6.07, 6.45) is 4.87. The Bertz CT molecular complexity index is 2330. The molecule has 4 heterocycles. The van der Waals surface area contributed by atoms with Gasteiger partial charge in [0, 0.05) is 29.1 Å². The number of aromatic nitrogens is 2. The molecule has 4 aromatic carbocycles. The van der Waals surface area contributed by atoms with Gasteiger partial charge < -0.3 is 39.0 Å². The van der Waals surface area contributed by atoms with Gasteiger partial charge in [0.15, 0.2) is 6.23 Å². The van der Waals surface area contributed by atoms with Crippen LogP contribution in [-0.2, 0) is 22.3 Å². The number of aliphatic hydroxyl groups is 4. The lowest BCUT2D eigenvalue weighted by atomic mass is 9.77. The van der Waals surface area contributed by atoms with Crippen molar-refractivity contribution in [2.75, 3.05) is 6.61 Å². The highest BCUT2D eigenvalue weighted by Gasteiger charge is 2.45. The summed E-state index contributed by atoms with van der Waals surface area (Å²) in [7, 11) is 3.50. The van der Waals surface area contributed by atoms with Crippen LogP contribution in [-0.4, -0.2) is 66.7 Å². The van der Waals surface area contributed by atoms with E-state index in [1.165, 1.54) is 48.4 Å². The molecule has 4 fully saturated rings. The van der Waals surface area contributed by atoms with Crippen molar-refractivity contribution in [3.63, 3.8) is 0 Å². The molecule has 0 amide bonds. The highest BCUT2D eigenvalue weighted by molar-refractivity contribution is 14.2. The van der Waals surface area contributed by atoms with E-state index in [1.54, 1.807) is 29.0 Å². The molecule has 342 valence electrons. The molecule has 2 saturated heterocycles. The predicted molar refractivity (Wildman–Crippen MR) is 260 cm³/mol. The Morgan fingerprint density at radius 1 is 0.594 bits per heavy atom. The van der Waals surface area contributed by atoms with E-state index in [1.807, 2.05) is 33.3 Å². The van der Waals surface area contributed by atoms with E-state index < -0.39 is 37.3 Å². The maximum Gasteiger partial charge on any atom is 0.163 e. The van der Waals surface area contributed by atoms with Crippen molar-refractivity contribution >= 4 is 52.8 Å². The Morgan fingerprint density at radius 2 is 1.05 bits per heavy atom. The van der Waals surface area contributed by atoms with Gasteiger partial charge in [0.1, 0.15) is 42.3 Å². The first kappa shape index (κ1) is 47.2. The van der Waals surface area contributed by atoms with E-state index in [9.17, 15) is 24.8 Å². The van der Waals surface area contributed by atoms with Gasteiger partial charge >= 0.3 is 0 Å². The van der Waals surface area contributed by atoms with Crippen LogP contribution in [0.5, 0.6) is 0 Å². The standard InChI is InChI=1S/C28H34FNO.C24H26FNO5.HIS/c1-5-26-18(3)17(2)19(4)28(31-26)30-16-23(27-24(29)7-6-8-25(27)30)15-20-9-11-21(12-10-20)22-13-14-22;25-17-2-1-3-18-20(17)16(10-13-4-6-14(7-5-13)15-8-9-15)11-26(18)24-23(30)22(29)21(28)19(12-27)31-24;1-2/h6-12,16-19,22,26,28H,5,13-15H2,1-4H3;1-7,11,15,19,21-24,27-30H,8-10,12H2;2H/t17-,18-,19+,26+,28?;19-,21-,22+,23-,24?;/m01./s1. The minimum Gasteiger partial charge on any atom is -0.394 e. The fourth-order valence-electron chi connectivity index (χ4n) is 10.1. The Kier molecular flexibility index (Phi) is 14.9. The van der Waals surface area contributed by atoms with E-state index in [0.29, 0.717) is 41.0 Å². The number of aliphatic hydroxyl groups excluding tert-OH is 4. The molecule has 2 aromatic heterocycles. The molecule has 8 nitrogen and oxygen atoms in total. The molecule has 2 aliphatic carbocycles. The lowest BCUT2D eigenvalue weighted by Gasteiger charge is -2.44. The smallest absolute Gasteiger partial charge is 0.163 e. The van der Waals surface area contributed by atoms with Gasteiger partial charge in [0.2, 0.25) is 0 Å². The Balaban J connectivity index is 0.000000169. The number of nitrogens with zero attached hydrogens (tertiary/aromatic N) is 2. The number of hydrogen-bond donors (Lipinski definition) is 5. The monoisotopic (exact) mass is 1010 g/mol. The lowest BCUT2D eigenvalue weighted by Crippen LogP contribution is -2.56. The fraction of sp³-hybridized carbons (Fsp3) is 0.462. The van der Waals surface area contributed by atoms with Crippen LogP contribution in [0.25, 0.3) is 21.8 Å². The SMILES string of the molecule is CC[C@H]1OC(n2cc(Cc3ccc(C4CC4)cc3)c3c(F)cccc32)[C@H](C)[C@@H](C)[C@@H]1C.OC[C@H]1OC(n2cc(Cc3ccc(C4CC4)cc3)c3c(F)cccc32)[C@H](O)[C@@H](O)[C@@H]1O.SI. The molecule has 6 aromatic rings. The molecule has 4 aliphatic rings. The average Bonchev–Trinajstić information content (AvgIpc) is 4.26. The predicted octanol–water partition coefficient (Wildman–Crippen LogP) is 11.0. The van der Waals surface area contributed by atoms with Crippen molar-refractivity contribution in [3.8, 4) is 0 Å². The molecule has 10 rings (SSSR count). The van der Waals surface area contributed by atoms with Crippen LogP contribution in [0.15, 0.2) is 97.3 Å². The van der Waals surface area contributed by atoms with Crippen molar-refractivity contribution in [1.29, 1.82) is 0 Å². The molecule has 2 saturated carbocycles. The van der Waals surface area contributed by atoms with E-state index >= 15 is 4.39 Å². The van der Waals surface area contributed by atoms with Crippen molar-refractivity contribution in [1.82, 2.24) is 9.13 Å². The van der Waals surface area contributed by atoms with Gasteiger partial charge in [-0.25, -0.2) is 8.78 Å². The molecule has 0 radical (unpaired) electrons. The van der Waals surface area contributed by atoms with Gasteiger partial charge in [-0.2, -0.15) is 0 Å². The van der Waals surface area contributed by atoms with Gasteiger partial charge in [0.25, 0.3) is 0 Å². The number of ether oxygens (including phenoxy) is 2. The molecule has 0 bridgehead atoms. The largest absolute Gasteiger partial charge is 0.394 e. The average molecular weight is 1010 g/mol.